The van der Waals surface area contributed by atoms with E-state index in [-0.39, 0.29) is 11.2 Å². The van der Waals surface area contributed by atoms with E-state index < -0.39 is 10.0 Å². The Bertz CT molecular complexity index is 648. The summed E-state index contributed by atoms with van der Waals surface area (Å²) in [7, 11) is -3.44. The van der Waals surface area contributed by atoms with Crippen LogP contribution in [0.5, 0.6) is 0 Å². The second kappa shape index (κ2) is 5.35. The van der Waals surface area contributed by atoms with Gasteiger partial charge in [0.25, 0.3) is 0 Å². The van der Waals surface area contributed by atoms with Crippen molar-refractivity contribution in [3.05, 3.63) is 16.0 Å². The highest BCUT2D eigenvalue weighted by molar-refractivity contribution is 7.92. The summed E-state index contributed by atoms with van der Waals surface area (Å²) in [6.45, 7) is 7.16. The molecule has 2 N–H and O–H groups in total. The average Bonchev–Trinajstić information content (AvgIpc) is 2.61. The summed E-state index contributed by atoms with van der Waals surface area (Å²) in [5, 5.41) is 13.0. The Morgan fingerprint density at radius 2 is 2.15 bits per heavy atom. The number of rotatable bonds is 3. The highest BCUT2D eigenvalue weighted by Crippen LogP contribution is 2.35. The molecule has 1 aliphatic rings. The molecule has 1 aromatic heterocycles. The number of anilines is 1. The summed E-state index contributed by atoms with van der Waals surface area (Å²) in [5.41, 5.74) is 1.16. The van der Waals surface area contributed by atoms with Gasteiger partial charge >= 0.3 is 0 Å². The van der Waals surface area contributed by atoms with Crippen molar-refractivity contribution in [2.45, 2.75) is 33.7 Å². The van der Waals surface area contributed by atoms with E-state index in [1.165, 1.54) is 11.3 Å². The van der Waals surface area contributed by atoms with Gasteiger partial charge in [-0.05, 0) is 23.9 Å². The first-order chi connectivity index (χ1) is 9.22. The van der Waals surface area contributed by atoms with Crippen molar-refractivity contribution in [3.8, 4) is 6.07 Å². The third-order valence-electron chi connectivity index (χ3n) is 2.91. The number of nitriles is 1. The SMILES string of the molecule is CC(C)(C)CS(=O)(=O)Nc1sc2c(c1C#N)CCNC2. The molecule has 1 aliphatic heterocycles. The molecule has 0 amide bonds. The van der Waals surface area contributed by atoms with Crippen LogP contribution in [0.25, 0.3) is 0 Å². The number of fused-ring (bicyclic) bond motifs is 1. The molecule has 0 spiro atoms. The van der Waals surface area contributed by atoms with Gasteiger partial charge in [0, 0.05) is 11.4 Å². The molecule has 5 nitrogen and oxygen atoms in total. The lowest BCUT2D eigenvalue weighted by atomic mass is 10.0. The van der Waals surface area contributed by atoms with Gasteiger partial charge in [0.05, 0.1) is 11.3 Å². The average molecular weight is 313 g/mol. The maximum atomic E-state index is 12.2. The fourth-order valence-electron chi connectivity index (χ4n) is 2.27. The molecule has 0 radical (unpaired) electrons. The Morgan fingerprint density at radius 1 is 1.45 bits per heavy atom. The van der Waals surface area contributed by atoms with E-state index in [0.717, 1.165) is 23.4 Å². The van der Waals surface area contributed by atoms with Gasteiger partial charge in [0.1, 0.15) is 11.1 Å². The minimum absolute atomic E-state index is 0.0334. The van der Waals surface area contributed by atoms with Crippen molar-refractivity contribution in [2.75, 3.05) is 17.0 Å². The maximum absolute atomic E-state index is 12.2. The first kappa shape index (κ1) is 15.3. The molecule has 1 aromatic rings. The number of hydrogen-bond acceptors (Lipinski definition) is 5. The summed E-state index contributed by atoms with van der Waals surface area (Å²) < 4.78 is 26.9. The Morgan fingerprint density at radius 3 is 2.75 bits per heavy atom. The van der Waals surface area contributed by atoms with Crippen LogP contribution in [0.3, 0.4) is 0 Å². The van der Waals surface area contributed by atoms with E-state index in [1.54, 1.807) is 0 Å². The lowest BCUT2D eigenvalue weighted by Crippen LogP contribution is -2.26. The molecule has 0 atom stereocenters. The van der Waals surface area contributed by atoms with Gasteiger partial charge < -0.3 is 5.32 Å². The number of nitrogens with zero attached hydrogens (tertiary/aromatic N) is 1. The van der Waals surface area contributed by atoms with Crippen LogP contribution in [0.15, 0.2) is 0 Å². The quantitative estimate of drug-likeness (QED) is 0.895. The van der Waals surface area contributed by atoms with E-state index >= 15 is 0 Å². The van der Waals surface area contributed by atoms with Crippen molar-refractivity contribution in [1.29, 1.82) is 5.26 Å². The molecule has 0 saturated carbocycles. The molecular weight excluding hydrogens is 294 g/mol. The van der Waals surface area contributed by atoms with Crippen LogP contribution in [0.2, 0.25) is 0 Å². The number of thiophene rings is 1. The summed E-state index contributed by atoms with van der Waals surface area (Å²) in [6.07, 6.45) is 0.774. The van der Waals surface area contributed by atoms with Gasteiger partial charge in [0.2, 0.25) is 10.0 Å². The van der Waals surface area contributed by atoms with E-state index in [1.807, 2.05) is 20.8 Å². The molecule has 0 saturated heterocycles. The van der Waals surface area contributed by atoms with Gasteiger partial charge in [-0.25, -0.2) is 8.42 Å². The smallest absolute Gasteiger partial charge is 0.233 e. The molecule has 0 aliphatic carbocycles. The Labute approximate surface area is 124 Å². The monoisotopic (exact) mass is 313 g/mol. The van der Waals surface area contributed by atoms with E-state index in [0.29, 0.717) is 17.1 Å². The van der Waals surface area contributed by atoms with Gasteiger partial charge in [-0.15, -0.1) is 11.3 Å². The predicted octanol–water partition coefficient (Wildman–Crippen LogP) is 2.05. The van der Waals surface area contributed by atoms with Crippen LogP contribution in [-0.4, -0.2) is 20.7 Å². The zero-order valence-corrected chi connectivity index (χ0v) is 13.5. The number of nitrogens with one attached hydrogen (secondary N) is 2. The van der Waals surface area contributed by atoms with Crippen LogP contribution < -0.4 is 10.0 Å². The zero-order valence-electron chi connectivity index (χ0n) is 11.9. The normalized spacial score (nSPS) is 15.5. The summed E-state index contributed by atoms with van der Waals surface area (Å²) >= 11 is 1.36. The molecule has 0 unspecified atom stereocenters. The maximum Gasteiger partial charge on any atom is 0.233 e. The molecular formula is C13H19N3O2S2. The van der Waals surface area contributed by atoms with E-state index in [2.05, 4.69) is 16.1 Å². The number of sulfonamides is 1. The van der Waals surface area contributed by atoms with Crippen molar-refractivity contribution < 1.29 is 8.42 Å². The lowest BCUT2D eigenvalue weighted by molar-refractivity contribution is 0.463. The zero-order chi connectivity index (χ0) is 15.0. The molecule has 7 heteroatoms. The minimum atomic E-state index is -3.44. The van der Waals surface area contributed by atoms with Gasteiger partial charge in [0.15, 0.2) is 0 Å². The third kappa shape index (κ3) is 3.51. The van der Waals surface area contributed by atoms with Crippen LogP contribution in [-0.2, 0) is 23.0 Å². The second-order valence-electron chi connectivity index (χ2n) is 6.17. The second-order valence-corrected chi connectivity index (χ2v) is 9.00. The van der Waals surface area contributed by atoms with E-state index in [9.17, 15) is 13.7 Å². The lowest BCUT2D eigenvalue weighted by Gasteiger charge is -2.18. The summed E-state index contributed by atoms with van der Waals surface area (Å²) in [5.74, 6) is 0.0334. The standard InChI is InChI=1S/C13H19N3O2S2/c1-13(2,3)8-20(17,18)16-12-10(6-14)9-4-5-15-7-11(9)19-12/h15-16H,4-5,7-8H2,1-3H3. The molecule has 0 bridgehead atoms. The van der Waals surface area contributed by atoms with Crippen molar-refractivity contribution in [2.24, 2.45) is 5.41 Å². The summed E-state index contributed by atoms with van der Waals surface area (Å²) in [6, 6.07) is 2.14. The Balaban J connectivity index is 2.31. The first-order valence-corrected chi connectivity index (χ1v) is 8.94. The number of hydrogen-bond donors (Lipinski definition) is 2. The molecule has 0 fully saturated rings. The topological polar surface area (TPSA) is 82.0 Å². The fourth-order valence-corrected chi connectivity index (χ4v) is 5.44. The van der Waals surface area contributed by atoms with Gasteiger partial charge in [-0.2, -0.15) is 5.26 Å². The Kier molecular flexibility index (Phi) is 4.09. The van der Waals surface area contributed by atoms with E-state index in [4.69, 9.17) is 0 Å². The highest BCUT2D eigenvalue weighted by atomic mass is 32.2. The largest absolute Gasteiger partial charge is 0.312 e. The van der Waals surface area contributed by atoms with Crippen LogP contribution >= 0.6 is 11.3 Å². The van der Waals surface area contributed by atoms with Crippen molar-refractivity contribution in [1.82, 2.24) is 5.32 Å². The van der Waals surface area contributed by atoms with Gasteiger partial charge in [-0.3, -0.25) is 4.72 Å². The minimum Gasteiger partial charge on any atom is -0.312 e. The molecule has 2 rings (SSSR count). The predicted molar refractivity (Wildman–Crippen MR) is 81.3 cm³/mol. The van der Waals surface area contributed by atoms with Crippen LogP contribution in [0, 0.1) is 16.7 Å². The third-order valence-corrected chi connectivity index (χ3v) is 5.95. The molecule has 110 valence electrons. The van der Waals surface area contributed by atoms with Crippen LogP contribution in [0.1, 0.15) is 36.8 Å². The Hall–Kier alpha value is -1.10. The molecule has 2 heterocycles. The molecule has 0 aromatic carbocycles. The van der Waals surface area contributed by atoms with Crippen LogP contribution in [0.4, 0.5) is 5.00 Å². The van der Waals surface area contributed by atoms with Crippen molar-refractivity contribution in [3.63, 3.8) is 0 Å². The molecule has 20 heavy (non-hydrogen) atoms. The van der Waals surface area contributed by atoms with Crippen molar-refractivity contribution >= 4 is 26.4 Å². The summed E-state index contributed by atoms with van der Waals surface area (Å²) in [4.78, 5) is 1.06. The first-order valence-electron chi connectivity index (χ1n) is 6.48. The highest BCUT2D eigenvalue weighted by Gasteiger charge is 2.26. The fraction of sp³-hybridized carbons (Fsp3) is 0.615. The van der Waals surface area contributed by atoms with Gasteiger partial charge in [-0.1, -0.05) is 20.8 Å².